The van der Waals surface area contributed by atoms with Gasteiger partial charge < -0.3 is 24.4 Å². The predicted molar refractivity (Wildman–Crippen MR) is 136 cm³/mol. The summed E-state index contributed by atoms with van der Waals surface area (Å²) in [6.07, 6.45) is 2.04. The number of carbonyl (C=O) groups excluding carboxylic acids is 3. The van der Waals surface area contributed by atoms with E-state index in [1.807, 2.05) is 13.8 Å². The van der Waals surface area contributed by atoms with Gasteiger partial charge in [0.2, 0.25) is 0 Å². The summed E-state index contributed by atoms with van der Waals surface area (Å²) in [5.74, 6) is -1.96. The van der Waals surface area contributed by atoms with Crippen molar-refractivity contribution >= 4 is 29.0 Å². The van der Waals surface area contributed by atoms with Crippen LogP contribution in [0, 0.1) is 6.92 Å². The zero-order valence-corrected chi connectivity index (χ0v) is 20.7. The Bertz CT molecular complexity index is 1270. The maximum absolute atomic E-state index is 14.1. The Morgan fingerprint density at radius 1 is 1.17 bits per heavy atom. The number of methoxy groups -OCH3 is 1. The van der Waals surface area contributed by atoms with E-state index < -0.39 is 28.9 Å². The van der Waals surface area contributed by atoms with Gasteiger partial charge in [-0.05, 0) is 50.1 Å². The number of Topliss-reactive ketones (excluding diaryl/α,β-unsaturated/α-hetero) is 1. The smallest absolute Gasteiger partial charge is 0.296 e. The molecule has 2 aliphatic rings. The molecule has 1 spiro atoms. The van der Waals surface area contributed by atoms with E-state index in [1.165, 1.54) is 4.90 Å². The van der Waals surface area contributed by atoms with Crippen LogP contribution in [0.5, 0.6) is 5.75 Å². The highest BCUT2D eigenvalue weighted by atomic mass is 16.5. The molecule has 1 fully saturated rings. The Hall–Kier alpha value is -3.91. The fraction of sp³-hybridized carbons (Fsp3) is 0.321. The molecule has 2 aliphatic heterocycles. The number of benzene rings is 2. The molecule has 36 heavy (non-hydrogen) atoms. The Kier molecular flexibility index (Phi) is 6.99. The second kappa shape index (κ2) is 9.99. The monoisotopic (exact) mass is 490 g/mol. The normalized spacial score (nSPS) is 20.4. The number of aliphatic hydroxyl groups excluding tert-OH is 1. The maximum Gasteiger partial charge on any atom is 0.296 e. The molecule has 0 bridgehead atoms. The average molecular weight is 491 g/mol. The molecule has 1 unspecified atom stereocenters. The van der Waals surface area contributed by atoms with E-state index in [2.05, 4.69) is 6.58 Å². The van der Waals surface area contributed by atoms with Gasteiger partial charge in [-0.1, -0.05) is 30.9 Å². The van der Waals surface area contributed by atoms with Gasteiger partial charge in [0.05, 0.1) is 11.3 Å². The van der Waals surface area contributed by atoms with Crippen LogP contribution >= 0.6 is 0 Å². The van der Waals surface area contributed by atoms with E-state index >= 15 is 0 Å². The number of fused-ring (bicyclic) bond motifs is 2. The van der Waals surface area contributed by atoms with E-state index in [1.54, 1.807) is 60.6 Å². The van der Waals surface area contributed by atoms with E-state index in [0.717, 1.165) is 5.56 Å². The van der Waals surface area contributed by atoms with Crippen LogP contribution in [0.25, 0.3) is 5.76 Å². The molecule has 8 nitrogen and oxygen atoms in total. The van der Waals surface area contributed by atoms with Crippen molar-refractivity contribution in [3.05, 3.63) is 77.4 Å². The predicted octanol–water partition coefficient (Wildman–Crippen LogP) is 3.54. The number of para-hydroxylation sites is 1. The molecule has 1 N–H and O–H groups in total. The van der Waals surface area contributed by atoms with Crippen molar-refractivity contribution < 1.29 is 29.0 Å². The summed E-state index contributed by atoms with van der Waals surface area (Å²) < 4.78 is 10.8. The molecule has 188 valence electrons. The van der Waals surface area contributed by atoms with Crippen molar-refractivity contribution in [2.75, 3.05) is 38.3 Å². The van der Waals surface area contributed by atoms with E-state index in [-0.39, 0.29) is 12.1 Å². The number of ketones is 1. The molecule has 2 heterocycles. The average Bonchev–Trinajstić information content (AvgIpc) is 3.26. The van der Waals surface area contributed by atoms with E-state index in [0.29, 0.717) is 48.7 Å². The molecule has 1 atom stereocenters. The molecule has 1 saturated heterocycles. The minimum Gasteiger partial charge on any atom is -0.507 e. The summed E-state index contributed by atoms with van der Waals surface area (Å²) in [5, 5.41) is 11.5. The molecule has 0 radical (unpaired) electrons. The van der Waals surface area contributed by atoms with E-state index in [4.69, 9.17) is 9.47 Å². The molecular formula is C28H30N2O6. The second-order valence-corrected chi connectivity index (χ2v) is 8.71. The van der Waals surface area contributed by atoms with Crippen molar-refractivity contribution in [2.45, 2.75) is 25.8 Å². The number of ether oxygens (including phenoxy) is 2. The number of rotatable bonds is 9. The number of aliphatic hydroxyl groups is 1. The van der Waals surface area contributed by atoms with E-state index in [9.17, 15) is 19.5 Å². The highest BCUT2D eigenvalue weighted by Gasteiger charge is 2.66. The third-order valence-electron chi connectivity index (χ3n) is 6.66. The number of hydrogen-bond donors (Lipinski definition) is 1. The lowest BCUT2D eigenvalue weighted by Gasteiger charge is -2.34. The van der Waals surface area contributed by atoms with Crippen LogP contribution in [0.3, 0.4) is 0 Å². The molecule has 2 aromatic rings. The lowest BCUT2D eigenvalue weighted by atomic mass is 9.81. The van der Waals surface area contributed by atoms with Gasteiger partial charge in [-0.2, -0.15) is 0 Å². The van der Waals surface area contributed by atoms with Gasteiger partial charge in [0, 0.05) is 37.9 Å². The number of nitrogens with zero attached hydrogens (tertiary/aromatic N) is 2. The van der Waals surface area contributed by atoms with Crippen LogP contribution in [0.1, 0.15) is 30.0 Å². The van der Waals surface area contributed by atoms with Gasteiger partial charge in [-0.25, -0.2) is 0 Å². The molecule has 2 amide bonds. The minimum atomic E-state index is -1.76. The third kappa shape index (κ3) is 3.69. The molecule has 0 aliphatic carbocycles. The summed E-state index contributed by atoms with van der Waals surface area (Å²) in [7, 11) is 1.55. The number of carbonyl (C=O) groups is 3. The molecule has 0 saturated carbocycles. The van der Waals surface area contributed by atoms with Crippen LogP contribution in [0.2, 0.25) is 0 Å². The van der Waals surface area contributed by atoms with Gasteiger partial charge in [-0.15, -0.1) is 0 Å². The molecular weight excluding hydrogens is 460 g/mol. The van der Waals surface area contributed by atoms with Crippen molar-refractivity contribution in [2.24, 2.45) is 0 Å². The molecule has 8 heteroatoms. The fourth-order valence-electron chi connectivity index (χ4n) is 5.10. The maximum atomic E-state index is 14.1. The Labute approximate surface area is 210 Å². The Balaban J connectivity index is 1.96. The summed E-state index contributed by atoms with van der Waals surface area (Å²) in [6, 6.07) is 12.0. The molecule has 2 aromatic carbocycles. The van der Waals surface area contributed by atoms with Gasteiger partial charge >= 0.3 is 0 Å². The number of hydrogen-bond acceptors (Lipinski definition) is 6. The van der Waals surface area contributed by atoms with Crippen LogP contribution in [-0.4, -0.2) is 61.0 Å². The van der Waals surface area contributed by atoms with Gasteiger partial charge in [0.1, 0.15) is 18.1 Å². The van der Waals surface area contributed by atoms with Gasteiger partial charge in [-0.3, -0.25) is 14.4 Å². The molecule has 4 rings (SSSR count). The number of aryl methyl sites for hydroxylation is 1. The van der Waals surface area contributed by atoms with Crippen molar-refractivity contribution in [3.8, 4) is 5.75 Å². The van der Waals surface area contributed by atoms with Crippen molar-refractivity contribution in [1.82, 2.24) is 4.90 Å². The van der Waals surface area contributed by atoms with Crippen LogP contribution in [0.15, 0.2) is 60.7 Å². The first-order valence-electron chi connectivity index (χ1n) is 11.9. The number of anilines is 1. The van der Waals surface area contributed by atoms with Crippen molar-refractivity contribution in [1.29, 1.82) is 0 Å². The SMILES string of the molecule is C=CCOc1ccc(C(O)=C2C(=O)C(=O)N(CCCOC)C23C(=O)N(CC)c2ccccc23)cc1C. The number of amides is 2. The summed E-state index contributed by atoms with van der Waals surface area (Å²) in [6.45, 7) is 8.40. The zero-order chi connectivity index (χ0) is 26.0. The van der Waals surface area contributed by atoms with Crippen LogP contribution in [-0.2, 0) is 24.7 Å². The largest absolute Gasteiger partial charge is 0.507 e. The standard InChI is InChI=1S/C28H30N2O6/c1-5-15-36-22-13-12-19(17-18(22)3)24(31)23-25(32)26(33)30(14-9-16-35-4)28(23)20-10-7-8-11-21(20)29(6-2)27(28)34/h5,7-8,10-13,17,31H,1,6,9,14-16H2,2-4H3. The quantitative estimate of drug-likeness (QED) is 0.190. The summed E-state index contributed by atoms with van der Waals surface area (Å²) >= 11 is 0. The lowest BCUT2D eigenvalue weighted by Crippen LogP contribution is -2.52. The summed E-state index contributed by atoms with van der Waals surface area (Å²) in [4.78, 5) is 43.9. The first kappa shape index (κ1) is 25.2. The lowest BCUT2D eigenvalue weighted by molar-refractivity contribution is -0.143. The van der Waals surface area contributed by atoms with Gasteiger partial charge in [0.25, 0.3) is 17.6 Å². The highest BCUT2D eigenvalue weighted by molar-refractivity contribution is 6.50. The van der Waals surface area contributed by atoms with Crippen LogP contribution < -0.4 is 9.64 Å². The number of likely N-dealkylation sites (tertiary alicyclic amines) is 1. The topological polar surface area (TPSA) is 96.4 Å². The van der Waals surface area contributed by atoms with Crippen molar-refractivity contribution in [3.63, 3.8) is 0 Å². The summed E-state index contributed by atoms with van der Waals surface area (Å²) in [5.41, 5.74) is 0.157. The number of likely N-dealkylation sites (N-methyl/N-ethyl adjacent to an activating group) is 1. The minimum absolute atomic E-state index is 0.111. The molecule has 0 aromatic heterocycles. The third-order valence-corrected chi connectivity index (χ3v) is 6.66. The highest BCUT2D eigenvalue weighted by Crippen LogP contribution is 2.53. The zero-order valence-electron chi connectivity index (χ0n) is 20.7. The Morgan fingerprint density at radius 2 is 1.92 bits per heavy atom. The van der Waals surface area contributed by atoms with Gasteiger partial charge in [0.15, 0.2) is 5.54 Å². The van der Waals surface area contributed by atoms with Crippen LogP contribution in [0.4, 0.5) is 5.69 Å². The first-order valence-corrected chi connectivity index (χ1v) is 11.9. The fourth-order valence-corrected chi connectivity index (χ4v) is 5.10. The second-order valence-electron chi connectivity index (χ2n) is 8.71. The Morgan fingerprint density at radius 3 is 2.58 bits per heavy atom. The first-order chi connectivity index (χ1) is 17.3.